The van der Waals surface area contributed by atoms with Crippen molar-refractivity contribution in [2.75, 3.05) is 53.4 Å². The number of piperazine rings is 1. The lowest BCUT2D eigenvalue weighted by atomic mass is 9.88. The number of rotatable bonds is 9. The maximum atomic E-state index is 11.0. The molecule has 1 aromatic rings. The number of nitrogens with zero attached hydrogens (tertiary/aromatic N) is 2. The molecule has 1 amide bonds. The van der Waals surface area contributed by atoms with Gasteiger partial charge in [-0.25, -0.2) is 0 Å². The number of amides is 1. The number of hydroxylamine groups is 1. The van der Waals surface area contributed by atoms with Crippen molar-refractivity contribution in [2.24, 2.45) is 5.41 Å². The Morgan fingerprint density at radius 2 is 1.74 bits per heavy atom. The third kappa shape index (κ3) is 11.3. The van der Waals surface area contributed by atoms with Crippen LogP contribution in [0.3, 0.4) is 0 Å². The van der Waals surface area contributed by atoms with E-state index >= 15 is 0 Å². The van der Waals surface area contributed by atoms with Crippen molar-refractivity contribution in [3.05, 3.63) is 29.8 Å². The minimum atomic E-state index is -3.23. The van der Waals surface area contributed by atoms with E-state index in [-0.39, 0.29) is 11.3 Å². The highest BCUT2D eigenvalue weighted by Gasteiger charge is 2.23. The summed E-state index contributed by atoms with van der Waals surface area (Å²) in [5, 5.41) is 2.63. The summed E-state index contributed by atoms with van der Waals surface area (Å²) in [7, 11) is 0.562. The van der Waals surface area contributed by atoms with Crippen LogP contribution in [0.15, 0.2) is 29.2 Å². The summed E-state index contributed by atoms with van der Waals surface area (Å²) < 4.78 is 25.0. The van der Waals surface area contributed by atoms with Gasteiger partial charge in [0.1, 0.15) is 10.9 Å². The first-order valence-electron chi connectivity index (χ1n) is 10.9. The second kappa shape index (κ2) is 13.4. The molecule has 1 aromatic carbocycles. The quantitative estimate of drug-likeness (QED) is 0.421. The van der Waals surface area contributed by atoms with Gasteiger partial charge in [0.05, 0.1) is 11.4 Å². The smallest absolute Gasteiger partial charge is 0.233 e. The number of aryl methyl sites for hydroxylation is 1. The minimum Gasteiger partial charge on any atom is -0.358 e. The summed E-state index contributed by atoms with van der Waals surface area (Å²) in [5.41, 5.74) is 3.83. The summed E-state index contributed by atoms with van der Waals surface area (Å²) in [6, 6.07) is 6.99. The standard InChI is InChI=1S/C14H25NO3S.C8H17N3O/c1-5-10-14(3,4)11-15-18-19(16,17)13-8-6-12(2)7-9-13;1-9-8(12)7-11-5-3-10(2)4-6-11/h6-9,15-17H,5,10-11H2,1-4H3;3-7H2,1-2H3,(H,9,12). The molecule has 0 unspecified atom stereocenters. The monoisotopic (exact) mass is 458 g/mol. The van der Waals surface area contributed by atoms with Crippen LogP contribution in [-0.4, -0.2) is 78.2 Å². The summed E-state index contributed by atoms with van der Waals surface area (Å²) in [6.45, 7) is 13.6. The molecule has 0 aliphatic carbocycles. The molecule has 1 aliphatic heterocycles. The predicted molar refractivity (Wildman–Crippen MR) is 128 cm³/mol. The zero-order valence-electron chi connectivity index (χ0n) is 20.0. The lowest BCUT2D eigenvalue weighted by Crippen LogP contribution is -2.47. The van der Waals surface area contributed by atoms with Crippen LogP contribution in [0.4, 0.5) is 0 Å². The Kier molecular flexibility index (Phi) is 12.0. The highest BCUT2D eigenvalue weighted by Crippen LogP contribution is 2.48. The molecule has 1 fully saturated rings. The highest BCUT2D eigenvalue weighted by molar-refractivity contribution is 8.20. The van der Waals surface area contributed by atoms with E-state index in [1.807, 2.05) is 19.1 Å². The number of hydrogen-bond acceptors (Lipinski definition) is 7. The van der Waals surface area contributed by atoms with Gasteiger partial charge in [-0.05, 0) is 37.9 Å². The third-order valence-corrected chi connectivity index (χ3v) is 6.46. The van der Waals surface area contributed by atoms with Crippen molar-refractivity contribution in [2.45, 2.75) is 45.4 Å². The molecule has 0 bridgehead atoms. The van der Waals surface area contributed by atoms with E-state index in [0.717, 1.165) is 44.6 Å². The first kappa shape index (κ1) is 27.8. The molecule has 0 atom stereocenters. The van der Waals surface area contributed by atoms with Crippen LogP contribution >= 0.6 is 10.9 Å². The lowest BCUT2D eigenvalue weighted by Gasteiger charge is -2.31. The molecule has 9 heteroatoms. The van der Waals surface area contributed by atoms with Crippen LogP contribution in [0, 0.1) is 12.3 Å². The molecule has 1 aliphatic rings. The Hall–Kier alpha value is -1.20. The third-order valence-electron chi connectivity index (χ3n) is 5.22. The van der Waals surface area contributed by atoms with Gasteiger partial charge in [0, 0.05) is 39.8 Å². The van der Waals surface area contributed by atoms with Crippen LogP contribution < -0.4 is 10.8 Å². The van der Waals surface area contributed by atoms with Crippen molar-refractivity contribution in [1.29, 1.82) is 0 Å². The number of carbonyl (C=O) groups is 1. The number of hydrogen-bond donors (Lipinski definition) is 4. The van der Waals surface area contributed by atoms with Gasteiger partial charge in [0.2, 0.25) is 5.91 Å². The Balaban J connectivity index is 0.000000343. The number of likely N-dealkylation sites (N-methyl/N-ethyl adjacent to an activating group) is 2. The molecule has 8 nitrogen and oxygen atoms in total. The second-order valence-corrected chi connectivity index (χ2v) is 10.5. The molecular formula is C22H42N4O4S. The molecule has 1 saturated heterocycles. The molecule has 31 heavy (non-hydrogen) atoms. The molecule has 0 radical (unpaired) electrons. The van der Waals surface area contributed by atoms with Crippen molar-refractivity contribution in [3.63, 3.8) is 0 Å². The van der Waals surface area contributed by atoms with Gasteiger partial charge in [0.25, 0.3) is 0 Å². The normalized spacial score (nSPS) is 16.4. The van der Waals surface area contributed by atoms with Gasteiger partial charge in [-0.2, -0.15) is 9.76 Å². The fourth-order valence-electron chi connectivity index (χ4n) is 3.12. The maximum Gasteiger partial charge on any atom is 0.233 e. The second-order valence-electron chi connectivity index (χ2n) is 8.88. The molecule has 0 spiro atoms. The van der Waals surface area contributed by atoms with E-state index in [1.165, 1.54) is 0 Å². The number of nitrogens with one attached hydrogen (secondary N) is 2. The van der Waals surface area contributed by atoms with Gasteiger partial charge in [-0.3, -0.25) is 9.69 Å². The molecule has 0 saturated carbocycles. The molecule has 180 valence electrons. The van der Waals surface area contributed by atoms with Crippen molar-refractivity contribution >= 4 is 16.8 Å². The molecule has 4 N–H and O–H groups in total. The zero-order chi connectivity index (χ0) is 23.5. The van der Waals surface area contributed by atoms with Gasteiger partial charge in [-0.15, -0.1) is 0 Å². The summed E-state index contributed by atoms with van der Waals surface area (Å²) in [6.07, 6.45) is 2.13. The van der Waals surface area contributed by atoms with E-state index in [2.05, 4.69) is 48.4 Å². The molecular weight excluding hydrogens is 416 g/mol. The zero-order valence-corrected chi connectivity index (χ0v) is 20.8. The summed E-state index contributed by atoms with van der Waals surface area (Å²) in [5.74, 6) is 0.111. The average Bonchev–Trinajstić information content (AvgIpc) is 2.70. The van der Waals surface area contributed by atoms with Crippen LogP contribution in [-0.2, 0) is 9.08 Å². The van der Waals surface area contributed by atoms with E-state index in [1.54, 1.807) is 19.2 Å². The Bertz CT molecular complexity index is 647. The fourth-order valence-corrected chi connectivity index (χ4v) is 3.93. The van der Waals surface area contributed by atoms with Crippen LogP contribution in [0.1, 0.15) is 39.2 Å². The summed E-state index contributed by atoms with van der Waals surface area (Å²) in [4.78, 5) is 15.8. The highest BCUT2D eigenvalue weighted by atomic mass is 32.3. The van der Waals surface area contributed by atoms with Crippen molar-refractivity contribution in [3.8, 4) is 0 Å². The Labute approximate surface area is 189 Å². The average molecular weight is 459 g/mol. The molecule has 2 rings (SSSR count). The van der Waals surface area contributed by atoms with Gasteiger partial charge in [-0.1, -0.05) is 44.9 Å². The maximum absolute atomic E-state index is 11.0. The van der Waals surface area contributed by atoms with E-state index in [0.29, 0.717) is 18.0 Å². The number of carbonyl (C=O) groups excluding carboxylic acids is 1. The first-order chi connectivity index (χ1) is 14.5. The largest absolute Gasteiger partial charge is 0.358 e. The Morgan fingerprint density at radius 3 is 2.26 bits per heavy atom. The van der Waals surface area contributed by atoms with Crippen molar-refractivity contribution < 1.29 is 18.2 Å². The van der Waals surface area contributed by atoms with Gasteiger partial charge in [0.15, 0.2) is 0 Å². The number of benzene rings is 1. The minimum absolute atomic E-state index is 0.0670. The van der Waals surface area contributed by atoms with Gasteiger partial charge < -0.3 is 19.3 Å². The summed E-state index contributed by atoms with van der Waals surface area (Å²) >= 11 is 0. The van der Waals surface area contributed by atoms with E-state index < -0.39 is 10.9 Å². The van der Waals surface area contributed by atoms with Crippen LogP contribution in [0.5, 0.6) is 0 Å². The topological polar surface area (TPSA) is 97.3 Å². The SMILES string of the molecule is CCCC(C)(C)CNOS(O)(O)c1ccc(C)cc1.CNC(=O)CN1CCN(C)CC1. The molecule has 1 heterocycles. The van der Waals surface area contributed by atoms with Crippen molar-refractivity contribution in [1.82, 2.24) is 20.6 Å². The van der Waals surface area contributed by atoms with Crippen LogP contribution in [0.2, 0.25) is 0 Å². The fraction of sp³-hybridized carbons (Fsp3) is 0.682. The lowest BCUT2D eigenvalue weighted by molar-refractivity contribution is -0.122. The Morgan fingerprint density at radius 1 is 1.16 bits per heavy atom. The van der Waals surface area contributed by atoms with E-state index in [9.17, 15) is 13.9 Å². The first-order valence-corrected chi connectivity index (χ1v) is 12.3. The predicted octanol–water partition coefficient (Wildman–Crippen LogP) is 3.35. The molecule has 0 aromatic heterocycles. The van der Waals surface area contributed by atoms with Gasteiger partial charge >= 0.3 is 0 Å². The van der Waals surface area contributed by atoms with E-state index in [4.69, 9.17) is 4.28 Å². The van der Waals surface area contributed by atoms with Crippen LogP contribution in [0.25, 0.3) is 0 Å².